The Morgan fingerprint density at radius 2 is 1.57 bits per heavy atom. The summed E-state index contributed by atoms with van der Waals surface area (Å²) in [4.78, 5) is 35.5. The van der Waals surface area contributed by atoms with Gasteiger partial charge in [0.05, 0.1) is 12.1 Å². The number of halogens is 3. The van der Waals surface area contributed by atoms with Crippen molar-refractivity contribution in [1.82, 2.24) is 10.6 Å². The fraction of sp³-hybridized carbons (Fsp3) is 0.211. The van der Waals surface area contributed by atoms with Gasteiger partial charge in [-0.1, -0.05) is 36.4 Å². The number of nitrogens with two attached hydrogens (primary N) is 1. The summed E-state index contributed by atoms with van der Waals surface area (Å²) in [5.74, 6) is -2.24. The summed E-state index contributed by atoms with van der Waals surface area (Å²) in [5, 5.41) is 4.61. The number of benzene rings is 2. The SMILES string of the molecule is NC(=O)[C@@H](Cc1ccccc1C(F)(F)F)NC(=O)CNC(=O)c1ccccc1. The van der Waals surface area contributed by atoms with Gasteiger partial charge in [-0.15, -0.1) is 0 Å². The third-order valence-electron chi connectivity index (χ3n) is 3.87. The molecule has 2 aromatic carbocycles. The predicted octanol–water partition coefficient (Wildman–Crippen LogP) is 1.65. The van der Waals surface area contributed by atoms with Crippen LogP contribution in [0.15, 0.2) is 54.6 Å². The molecule has 0 aromatic heterocycles. The first-order valence-corrected chi connectivity index (χ1v) is 8.25. The van der Waals surface area contributed by atoms with Gasteiger partial charge in [0.1, 0.15) is 6.04 Å². The average molecular weight is 393 g/mol. The van der Waals surface area contributed by atoms with E-state index in [4.69, 9.17) is 5.73 Å². The average Bonchev–Trinajstić information content (AvgIpc) is 2.65. The number of hydrogen-bond donors (Lipinski definition) is 3. The highest BCUT2D eigenvalue weighted by atomic mass is 19.4. The van der Waals surface area contributed by atoms with Crippen LogP contribution < -0.4 is 16.4 Å². The van der Waals surface area contributed by atoms with Crippen LogP contribution in [0.3, 0.4) is 0 Å². The van der Waals surface area contributed by atoms with E-state index in [1.807, 2.05) is 0 Å². The van der Waals surface area contributed by atoms with Crippen LogP contribution in [0, 0.1) is 0 Å². The number of hydrogen-bond acceptors (Lipinski definition) is 3. The predicted molar refractivity (Wildman–Crippen MR) is 95.0 cm³/mol. The number of alkyl halides is 3. The zero-order chi connectivity index (χ0) is 20.7. The lowest BCUT2D eigenvalue weighted by atomic mass is 9.99. The molecule has 0 aliphatic carbocycles. The number of rotatable bonds is 7. The standard InChI is InChI=1S/C19H18F3N3O3/c20-19(21,22)14-9-5-4-8-13(14)10-15(17(23)27)25-16(26)11-24-18(28)12-6-2-1-3-7-12/h1-9,15H,10-11H2,(H2,23,27)(H,24,28)(H,25,26)/t15-/m1/s1. The molecule has 0 aliphatic rings. The van der Waals surface area contributed by atoms with Gasteiger partial charge in [-0.25, -0.2) is 0 Å². The van der Waals surface area contributed by atoms with Gasteiger partial charge in [0.15, 0.2) is 0 Å². The van der Waals surface area contributed by atoms with Crippen molar-refractivity contribution in [1.29, 1.82) is 0 Å². The molecule has 0 bridgehead atoms. The van der Waals surface area contributed by atoms with Crippen molar-refractivity contribution in [3.63, 3.8) is 0 Å². The Labute approximate surface area is 158 Å². The van der Waals surface area contributed by atoms with E-state index in [0.717, 1.165) is 6.07 Å². The molecule has 9 heteroatoms. The van der Waals surface area contributed by atoms with Crippen LogP contribution in [0.25, 0.3) is 0 Å². The molecule has 28 heavy (non-hydrogen) atoms. The third kappa shape index (κ3) is 5.83. The Morgan fingerprint density at radius 1 is 0.964 bits per heavy atom. The second kappa shape index (κ2) is 9.03. The van der Waals surface area contributed by atoms with E-state index in [0.29, 0.717) is 5.56 Å². The molecule has 0 heterocycles. The van der Waals surface area contributed by atoms with Gasteiger partial charge in [0.25, 0.3) is 5.91 Å². The smallest absolute Gasteiger partial charge is 0.368 e. The Kier molecular flexibility index (Phi) is 6.75. The second-order valence-electron chi connectivity index (χ2n) is 5.93. The maximum Gasteiger partial charge on any atom is 0.416 e. The molecule has 0 spiro atoms. The molecule has 4 N–H and O–H groups in total. The topological polar surface area (TPSA) is 101 Å². The zero-order valence-electron chi connectivity index (χ0n) is 14.6. The summed E-state index contributed by atoms with van der Waals surface area (Å²) in [5.41, 5.74) is 4.47. The number of amides is 3. The van der Waals surface area contributed by atoms with Gasteiger partial charge < -0.3 is 16.4 Å². The maximum atomic E-state index is 13.1. The molecule has 0 fully saturated rings. The Balaban J connectivity index is 2.01. The van der Waals surface area contributed by atoms with Crippen LogP contribution in [0.5, 0.6) is 0 Å². The largest absolute Gasteiger partial charge is 0.416 e. The Morgan fingerprint density at radius 3 is 2.18 bits per heavy atom. The quantitative estimate of drug-likeness (QED) is 0.667. The summed E-state index contributed by atoms with van der Waals surface area (Å²) in [7, 11) is 0. The molecule has 1 atom stereocenters. The molecule has 0 aliphatic heterocycles. The first-order valence-electron chi connectivity index (χ1n) is 8.25. The summed E-state index contributed by atoms with van der Waals surface area (Å²) in [6.07, 6.45) is -5.03. The number of primary amides is 1. The van der Waals surface area contributed by atoms with E-state index in [1.165, 1.54) is 18.2 Å². The van der Waals surface area contributed by atoms with E-state index >= 15 is 0 Å². The van der Waals surface area contributed by atoms with E-state index in [2.05, 4.69) is 10.6 Å². The number of carbonyl (C=O) groups excluding carboxylic acids is 3. The Hall–Kier alpha value is -3.36. The molecule has 6 nitrogen and oxygen atoms in total. The lowest BCUT2D eigenvalue weighted by molar-refractivity contribution is -0.138. The van der Waals surface area contributed by atoms with Gasteiger partial charge in [0.2, 0.25) is 11.8 Å². The van der Waals surface area contributed by atoms with Gasteiger partial charge in [-0.3, -0.25) is 14.4 Å². The minimum Gasteiger partial charge on any atom is -0.368 e. The molecule has 2 rings (SSSR count). The van der Waals surface area contributed by atoms with Crippen molar-refractivity contribution < 1.29 is 27.6 Å². The fourth-order valence-corrected chi connectivity index (χ4v) is 2.52. The van der Waals surface area contributed by atoms with E-state index in [-0.39, 0.29) is 5.56 Å². The van der Waals surface area contributed by atoms with Crippen LogP contribution in [-0.2, 0) is 22.2 Å². The van der Waals surface area contributed by atoms with Gasteiger partial charge in [-0.05, 0) is 23.8 Å². The molecule has 3 amide bonds. The fourth-order valence-electron chi connectivity index (χ4n) is 2.52. The molecular weight excluding hydrogens is 375 g/mol. The van der Waals surface area contributed by atoms with Crippen molar-refractivity contribution >= 4 is 17.7 Å². The highest BCUT2D eigenvalue weighted by Crippen LogP contribution is 2.32. The summed E-state index contributed by atoms with van der Waals surface area (Å²) < 4.78 is 39.2. The molecule has 0 radical (unpaired) electrons. The minimum atomic E-state index is -4.60. The number of carbonyl (C=O) groups is 3. The van der Waals surface area contributed by atoms with Gasteiger partial charge >= 0.3 is 6.18 Å². The normalized spacial score (nSPS) is 12.1. The molecular formula is C19H18F3N3O3. The monoisotopic (exact) mass is 393 g/mol. The van der Waals surface area contributed by atoms with E-state index in [9.17, 15) is 27.6 Å². The lowest BCUT2D eigenvalue weighted by Crippen LogP contribution is -2.49. The van der Waals surface area contributed by atoms with Gasteiger partial charge in [0, 0.05) is 12.0 Å². The van der Waals surface area contributed by atoms with Crippen LogP contribution in [-0.4, -0.2) is 30.3 Å². The summed E-state index contributed by atoms with van der Waals surface area (Å²) in [6, 6.07) is 11.5. The van der Waals surface area contributed by atoms with Crippen molar-refractivity contribution in [2.45, 2.75) is 18.6 Å². The minimum absolute atomic E-state index is 0.174. The molecule has 0 unspecified atom stereocenters. The molecule has 148 valence electrons. The van der Waals surface area contributed by atoms with Crippen molar-refractivity contribution in [2.24, 2.45) is 5.73 Å². The number of nitrogens with one attached hydrogen (secondary N) is 2. The van der Waals surface area contributed by atoms with E-state index < -0.39 is 48.5 Å². The first kappa shape index (κ1) is 20.9. The summed E-state index contributed by atoms with van der Waals surface area (Å²) >= 11 is 0. The van der Waals surface area contributed by atoms with Crippen LogP contribution in [0.4, 0.5) is 13.2 Å². The second-order valence-corrected chi connectivity index (χ2v) is 5.93. The summed E-state index contributed by atoms with van der Waals surface area (Å²) in [6.45, 7) is -0.460. The Bertz CT molecular complexity index is 854. The van der Waals surface area contributed by atoms with Crippen molar-refractivity contribution in [3.8, 4) is 0 Å². The van der Waals surface area contributed by atoms with Crippen molar-refractivity contribution in [2.75, 3.05) is 6.54 Å². The third-order valence-corrected chi connectivity index (χ3v) is 3.87. The van der Waals surface area contributed by atoms with Crippen LogP contribution in [0.2, 0.25) is 0 Å². The lowest BCUT2D eigenvalue weighted by Gasteiger charge is -2.19. The van der Waals surface area contributed by atoms with Gasteiger partial charge in [-0.2, -0.15) is 13.2 Å². The van der Waals surface area contributed by atoms with Crippen molar-refractivity contribution in [3.05, 3.63) is 71.3 Å². The molecule has 0 saturated heterocycles. The first-order chi connectivity index (χ1) is 13.2. The molecule has 2 aromatic rings. The van der Waals surface area contributed by atoms with Crippen LogP contribution in [0.1, 0.15) is 21.5 Å². The maximum absolute atomic E-state index is 13.1. The van der Waals surface area contributed by atoms with Crippen LogP contribution >= 0.6 is 0 Å². The van der Waals surface area contributed by atoms with E-state index in [1.54, 1.807) is 30.3 Å². The zero-order valence-corrected chi connectivity index (χ0v) is 14.6. The molecule has 0 saturated carbocycles. The highest BCUT2D eigenvalue weighted by molar-refractivity contribution is 5.97. The highest BCUT2D eigenvalue weighted by Gasteiger charge is 2.34.